The Morgan fingerprint density at radius 2 is 2.25 bits per heavy atom. The van der Waals surface area contributed by atoms with Gasteiger partial charge in [-0.15, -0.1) is 12.4 Å². The zero-order valence-electron chi connectivity index (χ0n) is 13.6. The number of ether oxygens (including phenoxy) is 1. The van der Waals surface area contributed by atoms with Gasteiger partial charge >= 0.3 is 0 Å². The number of carbonyl (C=O) groups is 1. The summed E-state index contributed by atoms with van der Waals surface area (Å²) >= 11 is 0. The number of fused-ring (bicyclic) bond motifs is 1. The van der Waals surface area contributed by atoms with E-state index in [1.54, 1.807) is 24.1 Å². The lowest BCUT2D eigenvalue weighted by Crippen LogP contribution is -2.29. The van der Waals surface area contributed by atoms with Crippen LogP contribution < -0.4 is 10.1 Å². The summed E-state index contributed by atoms with van der Waals surface area (Å²) in [7, 11) is 3.22. The van der Waals surface area contributed by atoms with Crippen LogP contribution in [0.5, 0.6) is 11.5 Å². The van der Waals surface area contributed by atoms with Crippen molar-refractivity contribution in [3.8, 4) is 11.5 Å². The number of hydrogen-bond acceptors (Lipinski definition) is 5. The molecule has 0 fully saturated rings. The van der Waals surface area contributed by atoms with Crippen molar-refractivity contribution < 1.29 is 14.6 Å². The molecule has 0 saturated carbocycles. The molecule has 0 aliphatic carbocycles. The summed E-state index contributed by atoms with van der Waals surface area (Å²) in [5.74, 6) is 0.337. The smallest absolute Gasteiger partial charge is 0.274 e. The van der Waals surface area contributed by atoms with Crippen LogP contribution >= 0.6 is 12.4 Å². The van der Waals surface area contributed by atoms with Gasteiger partial charge in [-0.25, -0.2) is 0 Å². The molecule has 3 rings (SSSR count). The zero-order chi connectivity index (χ0) is 16.4. The Morgan fingerprint density at radius 1 is 1.46 bits per heavy atom. The molecule has 0 spiro atoms. The Labute approximate surface area is 146 Å². The number of aromatic hydroxyl groups is 1. The number of nitrogens with one attached hydrogen (secondary N) is 2. The van der Waals surface area contributed by atoms with Crippen LogP contribution in [0.2, 0.25) is 0 Å². The molecule has 1 aromatic carbocycles. The molecule has 0 bridgehead atoms. The largest absolute Gasteiger partial charge is 0.504 e. The number of phenolic OH excluding ortho intramolecular Hbond substituents is 1. The van der Waals surface area contributed by atoms with Gasteiger partial charge in [0.2, 0.25) is 0 Å². The number of halogens is 1. The third-order valence-electron chi connectivity index (χ3n) is 4.02. The minimum Gasteiger partial charge on any atom is -0.504 e. The SMILES string of the molecule is COc1ccc(CN(C)C(=O)c2n[nH]c3c2CNCC3)cc1O.Cl. The third kappa shape index (κ3) is 3.47. The predicted molar refractivity (Wildman–Crippen MR) is 91.7 cm³/mol. The number of H-pyrrole nitrogens is 1. The average molecular weight is 353 g/mol. The van der Waals surface area contributed by atoms with E-state index in [1.807, 2.05) is 6.07 Å². The quantitative estimate of drug-likeness (QED) is 0.775. The lowest BCUT2D eigenvalue weighted by Gasteiger charge is -2.18. The van der Waals surface area contributed by atoms with E-state index >= 15 is 0 Å². The molecule has 0 unspecified atom stereocenters. The molecule has 1 aliphatic heterocycles. The van der Waals surface area contributed by atoms with Crippen LogP contribution in [0.1, 0.15) is 27.3 Å². The molecule has 1 aliphatic rings. The highest BCUT2D eigenvalue weighted by molar-refractivity contribution is 5.93. The number of rotatable bonds is 4. The number of phenols is 1. The van der Waals surface area contributed by atoms with Crippen LogP contribution in [0.25, 0.3) is 0 Å². The highest BCUT2D eigenvalue weighted by Gasteiger charge is 2.24. The second-order valence-corrected chi connectivity index (χ2v) is 5.62. The van der Waals surface area contributed by atoms with Gasteiger partial charge in [0.25, 0.3) is 5.91 Å². The number of benzene rings is 1. The van der Waals surface area contributed by atoms with Crippen LogP contribution in [-0.4, -0.2) is 46.8 Å². The van der Waals surface area contributed by atoms with E-state index in [0.29, 0.717) is 24.5 Å². The Hall–Kier alpha value is -2.25. The molecule has 0 radical (unpaired) electrons. The molecule has 130 valence electrons. The summed E-state index contributed by atoms with van der Waals surface area (Å²) in [4.78, 5) is 14.2. The fourth-order valence-electron chi connectivity index (χ4n) is 2.76. The number of nitrogens with zero attached hydrogens (tertiary/aromatic N) is 2. The topological polar surface area (TPSA) is 90.5 Å². The third-order valence-corrected chi connectivity index (χ3v) is 4.02. The lowest BCUT2D eigenvalue weighted by atomic mass is 10.1. The average Bonchev–Trinajstić information content (AvgIpc) is 2.98. The monoisotopic (exact) mass is 352 g/mol. The van der Waals surface area contributed by atoms with Gasteiger partial charge in [-0.3, -0.25) is 9.89 Å². The first-order valence-electron chi connectivity index (χ1n) is 7.48. The van der Waals surface area contributed by atoms with E-state index in [9.17, 15) is 9.90 Å². The highest BCUT2D eigenvalue weighted by atomic mass is 35.5. The molecule has 7 nitrogen and oxygen atoms in total. The van der Waals surface area contributed by atoms with E-state index in [-0.39, 0.29) is 24.1 Å². The maximum atomic E-state index is 12.6. The summed E-state index contributed by atoms with van der Waals surface area (Å²) in [6.07, 6.45) is 0.853. The molecule has 2 heterocycles. The Morgan fingerprint density at radius 3 is 2.96 bits per heavy atom. The van der Waals surface area contributed by atoms with Crippen LogP contribution in [0.4, 0.5) is 0 Å². The van der Waals surface area contributed by atoms with Crippen LogP contribution in [0.15, 0.2) is 18.2 Å². The van der Waals surface area contributed by atoms with Gasteiger partial charge in [0.15, 0.2) is 17.2 Å². The van der Waals surface area contributed by atoms with Crippen molar-refractivity contribution >= 4 is 18.3 Å². The van der Waals surface area contributed by atoms with Gasteiger partial charge in [-0.1, -0.05) is 6.07 Å². The van der Waals surface area contributed by atoms with Gasteiger partial charge < -0.3 is 20.1 Å². The Bertz CT molecular complexity index is 732. The molecule has 0 atom stereocenters. The normalized spacial score (nSPS) is 12.9. The minimum atomic E-state index is -0.137. The molecule has 3 N–H and O–H groups in total. The number of aromatic nitrogens is 2. The number of carbonyl (C=O) groups excluding carboxylic acids is 1. The lowest BCUT2D eigenvalue weighted by molar-refractivity contribution is 0.0777. The standard InChI is InChI=1S/C16H20N4O3.ClH/c1-20(9-10-3-4-14(23-2)13(21)7-10)16(22)15-11-8-17-6-5-12(11)18-19-15;/h3-4,7,17,21H,5-6,8-9H2,1-2H3,(H,18,19);1H. The number of methoxy groups -OCH3 is 1. The fourth-order valence-corrected chi connectivity index (χ4v) is 2.76. The van der Waals surface area contributed by atoms with Crippen molar-refractivity contribution in [2.45, 2.75) is 19.5 Å². The summed E-state index contributed by atoms with van der Waals surface area (Å²) in [5.41, 5.74) is 3.27. The van der Waals surface area contributed by atoms with E-state index in [0.717, 1.165) is 29.8 Å². The number of aromatic amines is 1. The van der Waals surface area contributed by atoms with Crippen molar-refractivity contribution in [1.29, 1.82) is 0 Å². The van der Waals surface area contributed by atoms with E-state index in [4.69, 9.17) is 4.74 Å². The molecular formula is C16H21ClN4O3. The number of amides is 1. The van der Waals surface area contributed by atoms with Crippen LogP contribution in [0.3, 0.4) is 0 Å². The van der Waals surface area contributed by atoms with Crippen LogP contribution in [0, 0.1) is 0 Å². The van der Waals surface area contributed by atoms with Gasteiger partial charge in [0.1, 0.15) is 0 Å². The summed E-state index contributed by atoms with van der Waals surface area (Å²) < 4.78 is 5.02. The second-order valence-electron chi connectivity index (χ2n) is 5.62. The van der Waals surface area contributed by atoms with Gasteiger partial charge in [0.05, 0.1) is 7.11 Å². The maximum Gasteiger partial charge on any atom is 0.274 e. The predicted octanol–water partition coefficient (Wildman–Crippen LogP) is 1.46. The summed E-state index contributed by atoms with van der Waals surface area (Å²) in [5, 5.41) is 20.2. The molecule has 24 heavy (non-hydrogen) atoms. The summed E-state index contributed by atoms with van der Waals surface area (Å²) in [6.45, 7) is 1.93. The van der Waals surface area contributed by atoms with Gasteiger partial charge in [-0.2, -0.15) is 5.10 Å². The van der Waals surface area contributed by atoms with Gasteiger partial charge in [-0.05, 0) is 17.7 Å². The van der Waals surface area contributed by atoms with E-state index in [2.05, 4.69) is 15.5 Å². The molecule has 1 aromatic heterocycles. The van der Waals surface area contributed by atoms with Crippen molar-refractivity contribution in [2.24, 2.45) is 0 Å². The first-order chi connectivity index (χ1) is 11.1. The van der Waals surface area contributed by atoms with Crippen molar-refractivity contribution in [3.05, 3.63) is 40.7 Å². The summed E-state index contributed by atoms with van der Waals surface area (Å²) in [6, 6.07) is 5.11. The first-order valence-corrected chi connectivity index (χ1v) is 7.48. The number of hydrogen-bond donors (Lipinski definition) is 3. The first kappa shape index (κ1) is 18.1. The highest BCUT2D eigenvalue weighted by Crippen LogP contribution is 2.27. The Kier molecular flexibility index (Phi) is 5.69. The zero-order valence-corrected chi connectivity index (χ0v) is 14.4. The van der Waals surface area contributed by atoms with Crippen molar-refractivity contribution in [2.75, 3.05) is 20.7 Å². The van der Waals surface area contributed by atoms with Gasteiger partial charge in [0, 0.05) is 44.4 Å². The van der Waals surface area contributed by atoms with Crippen LogP contribution in [-0.2, 0) is 19.5 Å². The second kappa shape index (κ2) is 7.55. The Balaban J connectivity index is 0.00000208. The van der Waals surface area contributed by atoms with Crippen molar-refractivity contribution in [3.63, 3.8) is 0 Å². The molecule has 8 heteroatoms. The van der Waals surface area contributed by atoms with E-state index < -0.39 is 0 Å². The fraction of sp³-hybridized carbons (Fsp3) is 0.375. The molecular weight excluding hydrogens is 332 g/mol. The van der Waals surface area contributed by atoms with Crippen molar-refractivity contribution in [1.82, 2.24) is 20.4 Å². The molecule has 2 aromatic rings. The van der Waals surface area contributed by atoms with E-state index in [1.165, 1.54) is 7.11 Å². The minimum absolute atomic E-state index is 0. The molecule has 1 amide bonds. The molecule has 0 saturated heterocycles. The maximum absolute atomic E-state index is 12.6.